The number of nitrogens with zero attached hydrogens (tertiary/aromatic N) is 2. The SMILES string of the molecule is COc1ccc(N)cc1Oc1ncncc1I. The molecule has 0 unspecified atom stereocenters. The molecule has 0 saturated carbocycles. The number of aromatic nitrogens is 2. The molecular weight excluding hydrogens is 333 g/mol. The second-order valence-corrected chi connectivity index (χ2v) is 4.35. The number of ether oxygens (including phenoxy) is 2. The van der Waals surface area contributed by atoms with Gasteiger partial charge in [-0.1, -0.05) is 0 Å². The van der Waals surface area contributed by atoms with Crippen molar-refractivity contribution in [1.29, 1.82) is 0 Å². The first-order chi connectivity index (χ1) is 8.20. The Balaban J connectivity index is 2.35. The van der Waals surface area contributed by atoms with Crippen LogP contribution >= 0.6 is 22.6 Å². The van der Waals surface area contributed by atoms with E-state index in [0.717, 1.165) is 3.57 Å². The molecule has 0 aliphatic carbocycles. The number of nitrogens with two attached hydrogens (primary N) is 1. The van der Waals surface area contributed by atoms with Crippen LogP contribution in [0.15, 0.2) is 30.7 Å². The van der Waals surface area contributed by atoms with Crippen molar-refractivity contribution in [2.75, 3.05) is 12.8 Å². The second-order valence-electron chi connectivity index (χ2n) is 3.19. The normalized spacial score (nSPS) is 10.0. The van der Waals surface area contributed by atoms with Gasteiger partial charge >= 0.3 is 0 Å². The molecule has 0 amide bonds. The van der Waals surface area contributed by atoms with E-state index in [1.165, 1.54) is 6.33 Å². The Morgan fingerprint density at radius 3 is 2.82 bits per heavy atom. The Hall–Kier alpha value is -1.57. The number of hydrogen-bond donors (Lipinski definition) is 1. The minimum Gasteiger partial charge on any atom is -0.493 e. The molecule has 0 bridgehead atoms. The Morgan fingerprint density at radius 2 is 2.12 bits per heavy atom. The van der Waals surface area contributed by atoms with Gasteiger partial charge in [-0.3, -0.25) is 0 Å². The minimum atomic E-state index is 0.476. The summed E-state index contributed by atoms with van der Waals surface area (Å²) in [6.07, 6.45) is 3.10. The molecule has 6 heteroatoms. The fourth-order valence-corrected chi connectivity index (χ4v) is 1.66. The molecule has 17 heavy (non-hydrogen) atoms. The van der Waals surface area contributed by atoms with Gasteiger partial charge in [-0.05, 0) is 34.7 Å². The van der Waals surface area contributed by atoms with E-state index in [2.05, 4.69) is 32.6 Å². The van der Waals surface area contributed by atoms with Crippen molar-refractivity contribution < 1.29 is 9.47 Å². The van der Waals surface area contributed by atoms with E-state index in [1.54, 1.807) is 31.5 Å². The lowest BCUT2D eigenvalue weighted by atomic mass is 10.3. The number of hydrogen-bond acceptors (Lipinski definition) is 5. The smallest absolute Gasteiger partial charge is 0.235 e. The number of methoxy groups -OCH3 is 1. The average Bonchev–Trinajstić information content (AvgIpc) is 2.32. The van der Waals surface area contributed by atoms with Crippen LogP contribution < -0.4 is 15.2 Å². The van der Waals surface area contributed by atoms with Crippen LogP contribution in [-0.2, 0) is 0 Å². The second kappa shape index (κ2) is 5.17. The molecule has 0 fully saturated rings. The van der Waals surface area contributed by atoms with E-state index < -0.39 is 0 Å². The minimum absolute atomic E-state index is 0.476. The summed E-state index contributed by atoms with van der Waals surface area (Å²) >= 11 is 2.10. The zero-order valence-electron chi connectivity index (χ0n) is 9.05. The lowest BCUT2D eigenvalue weighted by Gasteiger charge is -2.10. The van der Waals surface area contributed by atoms with Crippen molar-refractivity contribution in [1.82, 2.24) is 9.97 Å². The molecule has 0 aliphatic rings. The summed E-state index contributed by atoms with van der Waals surface area (Å²) < 4.78 is 11.6. The Morgan fingerprint density at radius 1 is 1.29 bits per heavy atom. The highest BCUT2D eigenvalue weighted by Crippen LogP contribution is 2.33. The molecule has 5 nitrogen and oxygen atoms in total. The largest absolute Gasteiger partial charge is 0.493 e. The summed E-state index contributed by atoms with van der Waals surface area (Å²) in [7, 11) is 1.57. The fourth-order valence-electron chi connectivity index (χ4n) is 1.25. The molecule has 1 aromatic heterocycles. The van der Waals surface area contributed by atoms with Crippen LogP contribution in [0.2, 0.25) is 0 Å². The van der Waals surface area contributed by atoms with Gasteiger partial charge in [-0.15, -0.1) is 0 Å². The molecule has 2 aromatic rings. The Bertz CT molecular complexity index is 534. The number of halogens is 1. The molecule has 0 atom stereocenters. The summed E-state index contributed by atoms with van der Waals surface area (Å²) in [5.74, 6) is 1.61. The molecule has 0 spiro atoms. The molecular formula is C11H10IN3O2. The fraction of sp³-hybridized carbons (Fsp3) is 0.0909. The van der Waals surface area contributed by atoms with Crippen molar-refractivity contribution in [3.8, 4) is 17.4 Å². The third kappa shape index (κ3) is 2.76. The molecule has 2 N–H and O–H groups in total. The predicted molar refractivity (Wildman–Crippen MR) is 72.2 cm³/mol. The summed E-state index contributed by atoms with van der Waals surface area (Å²) in [5.41, 5.74) is 6.31. The summed E-state index contributed by atoms with van der Waals surface area (Å²) in [6, 6.07) is 5.19. The van der Waals surface area contributed by atoms with Crippen LogP contribution in [0.1, 0.15) is 0 Å². The lowest BCUT2D eigenvalue weighted by Crippen LogP contribution is -1.96. The molecule has 88 valence electrons. The molecule has 2 rings (SSSR count). The zero-order chi connectivity index (χ0) is 12.3. The summed E-state index contributed by atoms with van der Waals surface area (Å²) in [4.78, 5) is 7.93. The van der Waals surface area contributed by atoms with Crippen LogP contribution in [0.3, 0.4) is 0 Å². The first-order valence-electron chi connectivity index (χ1n) is 4.77. The standard InChI is InChI=1S/C11H10IN3O2/c1-16-9-3-2-7(13)4-10(9)17-11-8(12)5-14-6-15-11/h2-6H,13H2,1H3. The molecule has 0 radical (unpaired) electrons. The number of rotatable bonds is 3. The monoisotopic (exact) mass is 343 g/mol. The third-order valence-corrected chi connectivity index (χ3v) is 2.77. The van der Waals surface area contributed by atoms with Crippen LogP contribution in [0.25, 0.3) is 0 Å². The van der Waals surface area contributed by atoms with Crippen molar-refractivity contribution >= 4 is 28.3 Å². The quantitative estimate of drug-likeness (QED) is 0.685. The van der Waals surface area contributed by atoms with E-state index in [9.17, 15) is 0 Å². The van der Waals surface area contributed by atoms with E-state index in [0.29, 0.717) is 23.1 Å². The maximum atomic E-state index is 5.70. The number of benzene rings is 1. The van der Waals surface area contributed by atoms with E-state index >= 15 is 0 Å². The van der Waals surface area contributed by atoms with Gasteiger partial charge in [-0.2, -0.15) is 0 Å². The summed E-state index contributed by atoms with van der Waals surface area (Å²) in [6.45, 7) is 0. The molecule has 0 aliphatic heterocycles. The number of nitrogen functional groups attached to an aromatic ring is 1. The van der Waals surface area contributed by atoms with E-state index in [4.69, 9.17) is 15.2 Å². The number of anilines is 1. The van der Waals surface area contributed by atoms with Crippen LogP contribution in [0.4, 0.5) is 5.69 Å². The van der Waals surface area contributed by atoms with E-state index in [-0.39, 0.29) is 0 Å². The van der Waals surface area contributed by atoms with Crippen molar-refractivity contribution in [2.45, 2.75) is 0 Å². The van der Waals surface area contributed by atoms with Crippen LogP contribution in [0, 0.1) is 3.57 Å². The van der Waals surface area contributed by atoms with Gasteiger partial charge in [0.15, 0.2) is 11.5 Å². The molecule has 1 aromatic carbocycles. The highest BCUT2D eigenvalue weighted by atomic mass is 127. The van der Waals surface area contributed by atoms with Crippen molar-refractivity contribution in [3.05, 3.63) is 34.3 Å². The average molecular weight is 343 g/mol. The van der Waals surface area contributed by atoms with Crippen LogP contribution in [-0.4, -0.2) is 17.1 Å². The van der Waals surface area contributed by atoms with Gasteiger partial charge in [0.25, 0.3) is 0 Å². The highest BCUT2D eigenvalue weighted by Gasteiger charge is 2.09. The lowest BCUT2D eigenvalue weighted by molar-refractivity contribution is 0.373. The predicted octanol–water partition coefficient (Wildman–Crippen LogP) is 2.46. The summed E-state index contributed by atoms with van der Waals surface area (Å²) in [5, 5.41) is 0. The topological polar surface area (TPSA) is 70.3 Å². The van der Waals surface area contributed by atoms with E-state index in [1.807, 2.05) is 0 Å². The van der Waals surface area contributed by atoms with Gasteiger partial charge in [-0.25, -0.2) is 9.97 Å². The third-order valence-electron chi connectivity index (χ3n) is 2.03. The Kier molecular flexibility index (Phi) is 3.62. The maximum absolute atomic E-state index is 5.70. The Labute approximate surface area is 112 Å². The highest BCUT2D eigenvalue weighted by molar-refractivity contribution is 14.1. The van der Waals surface area contributed by atoms with Crippen molar-refractivity contribution in [3.63, 3.8) is 0 Å². The van der Waals surface area contributed by atoms with Gasteiger partial charge < -0.3 is 15.2 Å². The van der Waals surface area contributed by atoms with Gasteiger partial charge in [0.2, 0.25) is 5.88 Å². The first kappa shape index (κ1) is 11.9. The maximum Gasteiger partial charge on any atom is 0.235 e. The molecule has 0 saturated heterocycles. The van der Waals surface area contributed by atoms with Crippen LogP contribution in [0.5, 0.6) is 17.4 Å². The van der Waals surface area contributed by atoms with Gasteiger partial charge in [0.05, 0.1) is 10.7 Å². The van der Waals surface area contributed by atoms with Crippen molar-refractivity contribution in [2.24, 2.45) is 0 Å². The molecule has 1 heterocycles. The van der Waals surface area contributed by atoms with Gasteiger partial charge in [0, 0.05) is 18.0 Å². The first-order valence-corrected chi connectivity index (χ1v) is 5.85. The van der Waals surface area contributed by atoms with Gasteiger partial charge in [0.1, 0.15) is 6.33 Å². The zero-order valence-corrected chi connectivity index (χ0v) is 11.2.